The third-order valence-corrected chi connectivity index (χ3v) is 6.16. The number of rotatable bonds is 8. The maximum atomic E-state index is 13.2. The average Bonchev–Trinajstić information content (AvgIpc) is 3.18. The summed E-state index contributed by atoms with van der Waals surface area (Å²) in [5.41, 5.74) is 3.76. The van der Waals surface area contributed by atoms with Crippen molar-refractivity contribution in [3.05, 3.63) is 88.3 Å². The van der Waals surface area contributed by atoms with E-state index in [2.05, 4.69) is 27.4 Å². The van der Waals surface area contributed by atoms with Gasteiger partial charge in [-0.1, -0.05) is 60.3 Å². The zero-order chi connectivity index (χ0) is 22.5. The van der Waals surface area contributed by atoms with Gasteiger partial charge in [0, 0.05) is 11.7 Å². The van der Waals surface area contributed by atoms with Crippen LogP contribution >= 0.6 is 11.8 Å². The number of nitrogens with zero attached hydrogens (tertiary/aromatic N) is 2. The molecule has 2 aromatic heterocycles. The van der Waals surface area contributed by atoms with Gasteiger partial charge in [-0.05, 0) is 50.5 Å². The summed E-state index contributed by atoms with van der Waals surface area (Å²) in [5.74, 6) is 0.110. The number of H-pyrrole nitrogens is 1. The summed E-state index contributed by atoms with van der Waals surface area (Å²) >= 11 is 1.27. The number of para-hydroxylation sites is 1. The summed E-state index contributed by atoms with van der Waals surface area (Å²) < 4.78 is 1.56. The topological polar surface area (TPSA) is 79.8 Å². The Balaban J connectivity index is 1.47. The number of hydrogen-bond acceptors (Lipinski definition) is 4. The second-order valence-electron chi connectivity index (χ2n) is 7.86. The second-order valence-corrected chi connectivity index (χ2v) is 8.81. The van der Waals surface area contributed by atoms with Crippen LogP contribution in [0.3, 0.4) is 0 Å². The number of amides is 1. The van der Waals surface area contributed by atoms with Crippen LogP contribution in [0.15, 0.2) is 76.7 Å². The van der Waals surface area contributed by atoms with Crippen LogP contribution in [-0.2, 0) is 11.2 Å². The number of hydrogen-bond donors (Lipinski definition) is 2. The number of carbonyl (C=O) groups excluding carboxylic acids is 1. The molecule has 2 aromatic carbocycles. The fourth-order valence-electron chi connectivity index (χ4n) is 3.63. The smallest absolute Gasteiger partial charge is 0.283 e. The van der Waals surface area contributed by atoms with Crippen molar-refractivity contribution >= 4 is 28.7 Å². The minimum absolute atomic E-state index is 0.0578. The number of thioether (sulfide) groups is 1. The van der Waals surface area contributed by atoms with Gasteiger partial charge in [0.2, 0.25) is 5.91 Å². The van der Waals surface area contributed by atoms with Gasteiger partial charge >= 0.3 is 0 Å². The number of benzene rings is 2. The lowest BCUT2D eigenvalue weighted by Crippen LogP contribution is -2.34. The highest BCUT2D eigenvalue weighted by Gasteiger charge is 2.17. The van der Waals surface area contributed by atoms with Crippen molar-refractivity contribution in [1.82, 2.24) is 19.9 Å². The van der Waals surface area contributed by atoms with Gasteiger partial charge in [0.05, 0.1) is 17.0 Å². The summed E-state index contributed by atoms with van der Waals surface area (Å²) in [6, 6.07) is 21.5. The predicted molar refractivity (Wildman–Crippen MR) is 130 cm³/mol. The zero-order valence-corrected chi connectivity index (χ0v) is 19.0. The molecular weight excluding hydrogens is 420 g/mol. The molecule has 1 atom stereocenters. The summed E-state index contributed by atoms with van der Waals surface area (Å²) in [6.07, 6.45) is 1.77. The van der Waals surface area contributed by atoms with Crippen LogP contribution in [0, 0.1) is 6.92 Å². The summed E-state index contributed by atoms with van der Waals surface area (Å²) in [5, 5.41) is 3.55. The van der Waals surface area contributed by atoms with Crippen molar-refractivity contribution in [2.75, 3.05) is 5.75 Å². The largest absolute Gasteiger partial charge is 0.353 e. The van der Waals surface area contributed by atoms with Crippen LogP contribution in [-0.4, -0.2) is 32.2 Å². The third kappa shape index (κ3) is 5.11. The van der Waals surface area contributed by atoms with Crippen molar-refractivity contribution in [3.8, 4) is 5.69 Å². The molecule has 0 unspecified atom stereocenters. The lowest BCUT2D eigenvalue weighted by molar-refractivity contribution is -0.119. The van der Waals surface area contributed by atoms with Gasteiger partial charge in [-0.2, -0.15) is 0 Å². The first-order chi connectivity index (χ1) is 15.5. The van der Waals surface area contributed by atoms with Crippen molar-refractivity contribution in [2.24, 2.45) is 0 Å². The SMILES string of the molecule is Cc1cc2nc(SCC(=O)N[C@H](C)CCc3ccccc3)n(-c3ccccc3)c(=O)c2[nH]1. The minimum atomic E-state index is -0.173. The van der Waals surface area contributed by atoms with Crippen molar-refractivity contribution in [2.45, 2.75) is 37.9 Å². The molecule has 2 N–H and O–H groups in total. The number of fused-ring (bicyclic) bond motifs is 1. The van der Waals surface area contributed by atoms with E-state index in [0.717, 1.165) is 24.2 Å². The Morgan fingerprint density at radius 2 is 1.81 bits per heavy atom. The Morgan fingerprint density at radius 3 is 2.53 bits per heavy atom. The average molecular weight is 447 g/mol. The first kappa shape index (κ1) is 21.9. The fourth-order valence-corrected chi connectivity index (χ4v) is 4.45. The van der Waals surface area contributed by atoms with E-state index in [0.29, 0.717) is 16.2 Å². The van der Waals surface area contributed by atoms with E-state index >= 15 is 0 Å². The fraction of sp³-hybridized carbons (Fsp3) is 0.240. The number of aryl methyl sites for hydroxylation is 2. The number of carbonyl (C=O) groups is 1. The standard InChI is InChI=1S/C25H26N4O2S/c1-17(13-14-19-9-5-3-6-10-19)26-22(30)16-32-25-28-21-15-18(2)27-23(21)24(31)29(25)20-11-7-4-8-12-20/h3-12,15,17,27H,13-14,16H2,1-2H3,(H,26,30)/t17-/m1/s1. The van der Waals surface area contributed by atoms with Gasteiger partial charge in [-0.25, -0.2) is 4.98 Å². The molecule has 6 nitrogen and oxygen atoms in total. The van der Waals surface area contributed by atoms with E-state index < -0.39 is 0 Å². The Kier molecular flexibility index (Phi) is 6.75. The van der Waals surface area contributed by atoms with Gasteiger partial charge in [0.1, 0.15) is 5.52 Å². The quantitative estimate of drug-likeness (QED) is 0.313. The van der Waals surface area contributed by atoms with Crippen LogP contribution in [0.25, 0.3) is 16.7 Å². The lowest BCUT2D eigenvalue weighted by atomic mass is 10.1. The molecule has 0 saturated carbocycles. The molecule has 0 saturated heterocycles. The molecule has 0 bridgehead atoms. The van der Waals surface area contributed by atoms with E-state index in [1.807, 2.05) is 68.4 Å². The molecule has 0 spiro atoms. The van der Waals surface area contributed by atoms with Crippen molar-refractivity contribution in [1.29, 1.82) is 0 Å². The van der Waals surface area contributed by atoms with Gasteiger partial charge in [-0.3, -0.25) is 14.2 Å². The predicted octanol–water partition coefficient (Wildman–Crippen LogP) is 4.25. The molecule has 0 aliphatic heterocycles. The molecule has 2 heterocycles. The first-order valence-corrected chi connectivity index (χ1v) is 11.6. The van der Waals surface area contributed by atoms with Crippen LogP contribution < -0.4 is 10.9 Å². The van der Waals surface area contributed by atoms with E-state index in [1.54, 1.807) is 4.57 Å². The Morgan fingerprint density at radius 1 is 1.12 bits per heavy atom. The normalized spacial score (nSPS) is 12.1. The molecule has 4 rings (SSSR count). The molecule has 7 heteroatoms. The monoisotopic (exact) mass is 446 g/mol. The molecule has 0 aliphatic carbocycles. The van der Waals surface area contributed by atoms with Crippen molar-refractivity contribution in [3.63, 3.8) is 0 Å². The van der Waals surface area contributed by atoms with Crippen LogP contribution in [0.4, 0.5) is 0 Å². The maximum Gasteiger partial charge on any atom is 0.283 e. The molecule has 164 valence electrons. The highest BCUT2D eigenvalue weighted by molar-refractivity contribution is 7.99. The third-order valence-electron chi connectivity index (χ3n) is 5.22. The molecule has 32 heavy (non-hydrogen) atoms. The van der Waals surface area contributed by atoms with E-state index in [9.17, 15) is 9.59 Å². The van der Waals surface area contributed by atoms with E-state index in [4.69, 9.17) is 0 Å². The van der Waals surface area contributed by atoms with Gasteiger partial charge in [0.25, 0.3) is 5.56 Å². The van der Waals surface area contributed by atoms with E-state index in [1.165, 1.54) is 17.3 Å². The molecule has 4 aromatic rings. The second kappa shape index (κ2) is 9.87. The zero-order valence-electron chi connectivity index (χ0n) is 18.2. The number of aromatic nitrogens is 3. The Bertz CT molecular complexity index is 1270. The summed E-state index contributed by atoms with van der Waals surface area (Å²) in [7, 11) is 0. The van der Waals surface area contributed by atoms with Crippen LogP contribution in [0.1, 0.15) is 24.6 Å². The van der Waals surface area contributed by atoms with Gasteiger partial charge < -0.3 is 10.3 Å². The Hall–Kier alpha value is -3.32. The number of nitrogens with one attached hydrogen (secondary N) is 2. The van der Waals surface area contributed by atoms with E-state index in [-0.39, 0.29) is 23.3 Å². The van der Waals surface area contributed by atoms with Crippen LogP contribution in [0.5, 0.6) is 0 Å². The molecule has 0 fully saturated rings. The summed E-state index contributed by atoms with van der Waals surface area (Å²) in [4.78, 5) is 33.5. The highest BCUT2D eigenvalue weighted by atomic mass is 32.2. The number of aromatic amines is 1. The molecule has 0 radical (unpaired) electrons. The molecule has 0 aliphatic rings. The molecular formula is C25H26N4O2S. The summed E-state index contributed by atoms with van der Waals surface area (Å²) in [6.45, 7) is 3.91. The maximum absolute atomic E-state index is 13.2. The Labute approximate surface area is 191 Å². The lowest BCUT2D eigenvalue weighted by Gasteiger charge is -2.15. The first-order valence-electron chi connectivity index (χ1n) is 10.6. The van der Waals surface area contributed by atoms with Gasteiger partial charge in [-0.15, -0.1) is 0 Å². The minimum Gasteiger partial charge on any atom is -0.353 e. The van der Waals surface area contributed by atoms with Crippen molar-refractivity contribution < 1.29 is 4.79 Å². The molecule has 1 amide bonds. The van der Waals surface area contributed by atoms with Crippen LogP contribution in [0.2, 0.25) is 0 Å². The van der Waals surface area contributed by atoms with Gasteiger partial charge in [0.15, 0.2) is 5.16 Å². The highest BCUT2D eigenvalue weighted by Crippen LogP contribution is 2.21.